The van der Waals surface area contributed by atoms with Gasteiger partial charge in [0.25, 0.3) is 0 Å². The summed E-state index contributed by atoms with van der Waals surface area (Å²) in [7, 11) is 3.05. The average molecular weight is 542 g/mol. The molecule has 1 aliphatic heterocycles. The zero-order valence-corrected chi connectivity index (χ0v) is 22.4. The molecule has 0 saturated carbocycles. The lowest BCUT2D eigenvalue weighted by Gasteiger charge is -2.27. The van der Waals surface area contributed by atoms with E-state index in [1.165, 1.54) is 25.3 Å². The number of carbonyl (C=O) groups is 2. The molecule has 0 unspecified atom stereocenters. The van der Waals surface area contributed by atoms with Crippen LogP contribution < -0.4 is 14.8 Å². The number of aromatic nitrogens is 3. The van der Waals surface area contributed by atoms with Crippen molar-refractivity contribution in [2.24, 2.45) is 0 Å². The van der Waals surface area contributed by atoms with Crippen molar-refractivity contribution in [3.63, 3.8) is 0 Å². The van der Waals surface area contributed by atoms with Crippen molar-refractivity contribution < 1.29 is 23.5 Å². The van der Waals surface area contributed by atoms with Crippen LogP contribution >= 0.6 is 0 Å². The predicted octanol–water partition coefficient (Wildman–Crippen LogP) is 4.92. The molecule has 4 aromatic rings. The molecule has 2 amide bonds. The van der Waals surface area contributed by atoms with Gasteiger partial charge in [-0.2, -0.15) is 5.10 Å². The fourth-order valence-corrected chi connectivity index (χ4v) is 4.89. The van der Waals surface area contributed by atoms with E-state index in [1.807, 2.05) is 16.8 Å². The molecule has 204 valence electrons. The Kier molecular flexibility index (Phi) is 7.33. The molecular formula is C30H28FN5O4. The minimum Gasteiger partial charge on any atom is -0.496 e. The zero-order valence-electron chi connectivity index (χ0n) is 22.4. The SMILES string of the molecule is C=CC(=O)Nc1ccc(OC)c(-c2cc(-c3c(-c4ccc(F)cc4)nn4c3CN(C(C)=O)CC4)ccn2)c1OC. The molecule has 0 bridgehead atoms. The van der Waals surface area contributed by atoms with Crippen LogP contribution in [0.25, 0.3) is 33.6 Å². The highest BCUT2D eigenvalue weighted by atomic mass is 19.1. The minimum atomic E-state index is -0.387. The number of nitrogens with zero attached hydrogens (tertiary/aromatic N) is 4. The average Bonchev–Trinajstić information content (AvgIpc) is 3.36. The van der Waals surface area contributed by atoms with Gasteiger partial charge >= 0.3 is 0 Å². The second kappa shape index (κ2) is 11.0. The van der Waals surface area contributed by atoms with E-state index in [1.54, 1.807) is 49.4 Å². The first-order valence-electron chi connectivity index (χ1n) is 12.6. The first-order chi connectivity index (χ1) is 19.3. The summed E-state index contributed by atoms with van der Waals surface area (Å²) >= 11 is 0. The number of benzene rings is 2. The van der Waals surface area contributed by atoms with Crippen LogP contribution in [0.5, 0.6) is 11.5 Å². The van der Waals surface area contributed by atoms with E-state index in [0.717, 1.165) is 22.4 Å². The molecule has 1 aliphatic rings. The number of pyridine rings is 1. The van der Waals surface area contributed by atoms with Crippen molar-refractivity contribution in [1.29, 1.82) is 0 Å². The summed E-state index contributed by atoms with van der Waals surface area (Å²) < 4.78 is 27.0. The third kappa shape index (κ3) is 4.91. The van der Waals surface area contributed by atoms with Crippen molar-refractivity contribution in [3.05, 3.63) is 78.9 Å². The number of ether oxygens (including phenoxy) is 2. The van der Waals surface area contributed by atoms with Gasteiger partial charge in [0.05, 0.1) is 49.9 Å². The number of fused-ring (bicyclic) bond motifs is 1. The molecular weight excluding hydrogens is 513 g/mol. The molecule has 3 heterocycles. The van der Waals surface area contributed by atoms with Crippen LogP contribution in [-0.2, 0) is 22.7 Å². The van der Waals surface area contributed by atoms with Crippen molar-refractivity contribution in [2.45, 2.75) is 20.0 Å². The Morgan fingerprint density at radius 2 is 1.80 bits per heavy atom. The van der Waals surface area contributed by atoms with E-state index in [2.05, 4.69) is 16.9 Å². The number of hydrogen-bond donors (Lipinski definition) is 1. The Morgan fingerprint density at radius 3 is 2.48 bits per heavy atom. The zero-order chi connectivity index (χ0) is 28.4. The maximum Gasteiger partial charge on any atom is 0.247 e. The minimum absolute atomic E-state index is 0.0231. The van der Waals surface area contributed by atoms with Gasteiger partial charge in [-0.1, -0.05) is 6.58 Å². The third-order valence-electron chi connectivity index (χ3n) is 6.83. The van der Waals surface area contributed by atoms with Gasteiger partial charge < -0.3 is 19.7 Å². The Labute approximate surface area is 230 Å². The van der Waals surface area contributed by atoms with E-state index < -0.39 is 0 Å². The smallest absolute Gasteiger partial charge is 0.247 e. The number of amides is 2. The molecule has 0 spiro atoms. The largest absolute Gasteiger partial charge is 0.496 e. The first kappa shape index (κ1) is 26.6. The van der Waals surface area contributed by atoms with Crippen molar-refractivity contribution in [1.82, 2.24) is 19.7 Å². The number of methoxy groups -OCH3 is 2. The molecule has 10 heteroatoms. The second-order valence-corrected chi connectivity index (χ2v) is 9.19. The molecule has 1 N–H and O–H groups in total. The van der Waals surface area contributed by atoms with Gasteiger partial charge in [0.15, 0.2) is 5.75 Å². The molecule has 0 atom stereocenters. The van der Waals surface area contributed by atoms with Gasteiger partial charge in [0.2, 0.25) is 11.8 Å². The van der Waals surface area contributed by atoms with E-state index in [0.29, 0.717) is 53.8 Å². The summed E-state index contributed by atoms with van der Waals surface area (Å²) in [5, 5.41) is 7.64. The quantitative estimate of drug-likeness (QED) is 0.334. The van der Waals surface area contributed by atoms with E-state index >= 15 is 0 Å². The fraction of sp³-hybridized carbons (Fsp3) is 0.200. The molecule has 0 radical (unpaired) electrons. The number of carbonyl (C=O) groups excluding carboxylic acids is 2. The number of anilines is 1. The van der Waals surface area contributed by atoms with Gasteiger partial charge in [-0.05, 0) is 60.2 Å². The predicted molar refractivity (Wildman–Crippen MR) is 149 cm³/mol. The van der Waals surface area contributed by atoms with Crippen LogP contribution in [0.15, 0.2) is 67.4 Å². The highest BCUT2D eigenvalue weighted by Crippen LogP contribution is 2.44. The van der Waals surface area contributed by atoms with Crippen molar-refractivity contribution in [2.75, 3.05) is 26.1 Å². The molecule has 9 nitrogen and oxygen atoms in total. The third-order valence-corrected chi connectivity index (χ3v) is 6.83. The number of halogens is 1. The Bertz CT molecular complexity index is 1610. The highest BCUT2D eigenvalue weighted by Gasteiger charge is 2.28. The van der Waals surface area contributed by atoms with Crippen LogP contribution in [0, 0.1) is 5.82 Å². The molecule has 2 aromatic carbocycles. The van der Waals surface area contributed by atoms with Gasteiger partial charge in [0, 0.05) is 30.8 Å². The van der Waals surface area contributed by atoms with Crippen LogP contribution in [0.1, 0.15) is 12.6 Å². The molecule has 0 aliphatic carbocycles. The van der Waals surface area contributed by atoms with Crippen LogP contribution in [0.2, 0.25) is 0 Å². The maximum absolute atomic E-state index is 13.8. The summed E-state index contributed by atoms with van der Waals surface area (Å²) in [5.74, 6) is 0.117. The number of nitrogens with one attached hydrogen (secondary N) is 1. The van der Waals surface area contributed by atoms with Gasteiger partial charge in [-0.15, -0.1) is 0 Å². The monoisotopic (exact) mass is 541 g/mol. The second-order valence-electron chi connectivity index (χ2n) is 9.19. The Hall–Kier alpha value is -4.99. The normalized spacial score (nSPS) is 12.4. The van der Waals surface area contributed by atoms with Gasteiger partial charge in [-0.3, -0.25) is 19.3 Å². The Balaban J connectivity index is 1.71. The van der Waals surface area contributed by atoms with Crippen LogP contribution in [-0.4, -0.2) is 52.2 Å². The first-order valence-corrected chi connectivity index (χ1v) is 12.6. The lowest BCUT2D eigenvalue weighted by atomic mass is 9.96. The lowest BCUT2D eigenvalue weighted by molar-refractivity contribution is -0.130. The van der Waals surface area contributed by atoms with E-state index in [4.69, 9.17) is 14.6 Å². The lowest BCUT2D eigenvalue weighted by Crippen LogP contribution is -2.37. The summed E-state index contributed by atoms with van der Waals surface area (Å²) in [5.41, 5.74) is 5.40. The number of rotatable bonds is 7. The topological polar surface area (TPSA) is 98.6 Å². The van der Waals surface area contributed by atoms with Crippen LogP contribution in [0.4, 0.5) is 10.1 Å². The maximum atomic E-state index is 13.8. The Morgan fingerprint density at radius 1 is 1.02 bits per heavy atom. The number of hydrogen-bond acceptors (Lipinski definition) is 6. The summed E-state index contributed by atoms with van der Waals surface area (Å²) in [4.78, 5) is 30.7. The van der Waals surface area contributed by atoms with Crippen LogP contribution in [0.3, 0.4) is 0 Å². The fourth-order valence-electron chi connectivity index (χ4n) is 4.89. The molecule has 0 saturated heterocycles. The summed E-state index contributed by atoms with van der Waals surface area (Å²) in [6.07, 6.45) is 2.84. The van der Waals surface area contributed by atoms with E-state index in [-0.39, 0.29) is 17.6 Å². The van der Waals surface area contributed by atoms with Gasteiger partial charge in [0.1, 0.15) is 17.3 Å². The van der Waals surface area contributed by atoms with Gasteiger partial charge in [-0.25, -0.2) is 4.39 Å². The summed E-state index contributed by atoms with van der Waals surface area (Å²) in [6, 6.07) is 13.3. The standard InChI is InChI=1S/C30H28FN5O4/c1-5-26(38)33-22-10-11-25(39-3)28(30(22)40-4)23-16-20(12-13-32-23)27-24-17-35(18(2)37)14-15-36(24)34-29(27)19-6-8-21(31)9-7-19/h5-13,16H,1,14-15,17H2,2-4H3,(H,33,38). The van der Waals surface area contributed by atoms with Crippen molar-refractivity contribution in [3.8, 4) is 45.1 Å². The molecule has 0 fully saturated rings. The van der Waals surface area contributed by atoms with Crippen molar-refractivity contribution >= 4 is 17.5 Å². The molecule has 40 heavy (non-hydrogen) atoms. The highest BCUT2D eigenvalue weighted by molar-refractivity contribution is 6.01. The van der Waals surface area contributed by atoms with E-state index in [9.17, 15) is 14.0 Å². The molecule has 5 rings (SSSR count). The summed E-state index contributed by atoms with van der Waals surface area (Å²) in [6.45, 7) is 6.53. The molecule has 2 aromatic heterocycles.